The average Bonchev–Trinajstić information content (AvgIpc) is 1.58. The second-order valence-electron chi connectivity index (χ2n) is 27.3. The summed E-state index contributed by atoms with van der Waals surface area (Å²) in [4.78, 5) is 27.7. The van der Waals surface area contributed by atoms with Gasteiger partial charge < -0.3 is 43.9 Å². The van der Waals surface area contributed by atoms with Crippen LogP contribution in [0.3, 0.4) is 0 Å². The minimum Gasteiger partial charge on any atom is -0.748 e. The second kappa shape index (κ2) is 36.1. The normalized spacial score (nSPS) is 19.2. The first kappa shape index (κ1) is 87.4. The van der Waals surface area contributed by atoms with Crippen molar-refractivity contribution in [3.8, 4) is 0 Å². The molecular weight excluding hydrogens is 1630 g/mol. The van der Waals surface area contributed by atoms with Crippen molar-refractivity contribution < 1.29 is 122 Å². The van der Waals surface area contributed by atoms with E-state index < -0.39 is 121 Å². The number of carbonyl (C=O) groups is 2. The molecule has 1 aromatic heterocycles. The number of allylic oxidation sites excluding steroid dienone is 8. The molecule has 38 heteroatoms. The lowest BCUT2D eigenvalue weighted by Crippen LogP contribution is -3.11. The Morgan fingerprint density at radius 3 is 1.93 bits per heavy atom. The lowest BCUT2D eigenvalue weighted by Gasteiger charge is -2.32. The maximum absolute atomic E-state index is 12.5. The van der Waals surface area contributed by atoms with Gasteiger partial charge in [-0.05, 0) is 187 Å². The smallest absolute Gasteiger partial charge is 0.327 e. The Bertz CT molecular complexity index is 5350. The Morgan fingerprint density at radius 1 is 0.679 bits per heavy atom. The number of hydrogen-bond acceptors (Lipinski definition) is 25. The van der Waals surface area contributed by atoms with Crippen LogP contribution in [0.5, 0.6) is 0 Å². The van der Waals surface area contributed by atoms with Gasteiger partial charge in [0.1, 0.15) is 38.2 Å². The van der Waals surface area contributed by atoms with Crippen LogP contribution in [0.25, 0.3) is 21.5 Å². The molecule has 0 aliphatic carbocycles. The van der Waals surface area contributed by atoms with Crippen molar-refractivity contribution in [3.05, 3.63) is 173 Å². The molecule has 6 aromatic rings. The van der Waals surface area contributed by atoms with E-state index >= 15 is 0 Å². The number of hydrogen-bond donors (Lipinski definition) is 6. The third-order valence-corrected chi connectivity index (χ3v) is 25.2. The van der Waals surface area contributed by atoms with Crippen LogP contribution in [-0.4, -0.2) is 142 Å². The van der Waals surface area contributed by atoms with Gasteiger partial charge in [-0.3, -0.25) is 28.6 Å². The van der Waals surface area contributed by atoms with Gasteiger partial charge in [-0.15, -0.1) is 0 Å². The van der Waals surface area contributed by atoms with E-state index in [2.05, 4.69) is 30.6 Å². The molecule has 3 aliphatic heterocycles. The maximum atomic E-state index is 12.5. The summed E-state index contributed by atoms with van der Waals surface area (Å²) in [6, 6.07) is 21.4. The summed E-state index contributed by atoms with van der Waals surface area (Å²) in [6.45, 7) is 8.21. The molecule has 0 saturated carbocycles. The standard InChI is InChI=1S/C39H46BrN3O14S4.C32H38N2O11S3/c1-38(2)30-22-26(40)25-42(18-10-20-58(46,47)48)37(30)41-33(38)12-6-4-7-13-34-39(3,17-9-5-8-14-35(44)45)36-29-23-27(60(52,53)54)24-32(61(55,56)57)28(29)15-16-31(36)43(34)19-11-21-59(49,50)51;1-32(17-8-3-6-14-30(35)36)29(13-7-9-18-33-23-11-4-2-5-12-23)34(19-10-20-47(38,39)40)27-16-15-25-26(31(27)32)21-24(48(41,42)43)22-28(25)46-45-44-37/h4,6-7,12-13,15-16,22-25H,5,8-11,14,17-21H2,1-3H3,(H4-,44,45,46,47,48,49,50,51,52,53,54,55,56,57);2,4-5,7,9,11-13,15-16,18,21-22,29,33,37H,3,6,8,10,14,17,19-20H2,1H3,(H,35,36)(H,38,39,40)(H,41,42,43)/p-3/b;13-7+,18-9+. The van der Waals surface area contributed by atoms with Crippen LogP contribution in [0, 0.1) is 0 Å². The first-order chi connectivity index (χ1) is 50.9. The van der Waals surface area contributed by atoms with E-state index in [1.807, 2.05) is 75.4 Å². The van der Waals surface area contributed by atoms with Gasteiger partial charge in [-0.1, -0.05) is 74.3 Å². The van der Waals surface area contributed by atoms with E-state index in [1.165, 1.54) is 18.2 Å². The number of aromatic nitrogens is 1. The van der Waals surface area contributed by atoms with Gasteiger partial charge >= 0.3 is 17.8 Å². The van der Waals surface area contributed by atoms with Gasteiger partial charge in [0.05, 0.1) is 86.7 Å². The second-order valence-corrected chi connectivity index (χ2v) is 37.7. The van der Waals surface area contributed by atoms with Crippen molar-refractivity contribution in [1.82, 2.24) is 0 Å². The highest BCUT2D eigenvalue weighted by atomic mass is 79.9. The molecule has 0 bridgehead atoms. The first-order valence-corrected chi connectivity index (χ1v) is 44.6. The highest BCUT2D eigenvalue weighted by molar-refractivity contribution is 9.10. The summed E-state index contributed by atoms with van der Waals surface area (Å²) in [6.07, 6.45) is 21.4. The number of pyridine rings is 1. The van der Waals surface area contributed by atoms with Crippen molar-refractivity contribution in [2.75, 3.05) is 40.6 Å². The van der Waals surface area contributed by atoms with E-state index in [4.69, 9.17) is 10.1 Å². The first-order valence-electron chi connectivity index (χ1n) is 34.1. The fourth-order valence-electron chi connectivity index (χ4n) is 14.4. The summed E-state index contributed by atoms with van der Waals surface area (Å²) >= 11 is 3.97. The number of aliphatic carboxylic acids is 2. The van der Waals surface area contributed by atoms with Crippen LogP contribution < -0.4 is 24.9 Å². The van der Waals surface area contributed by atoms with Crippen molar-refractivity contribution in [3.63, 3.8) is 0 Å². The zero-order valence-corrected chi connectivity index (χ0v) is 66.6. The third kappa shape index (κ3) is 22.8. The van der Waals surface area contributed by atoms with Gasteiger partial charge in [0, 0.05) is 88.9 Å². The predicted molar refractivity (Wildman–Crippen MR) is 403 cm³/mol. The molecule has 592 valence electrons. The number of fused-ring (bicyclic) bond motifs is 7. The summed E-state index contributed by atoms with van der Waals surface area (Å²) in [7, 11) is -28.6. The number of carboxylic acids is 2. The lowest BCUT2D eigenvalue weighted by molar-refractivity contribution is -0.850. The van der Waals surface area contributed by atoms with Crippen LogP contribution in [0.15, 0.2) is 181 Å². The average molecular weight is 1710 g/mol. The lowest BCUT2D eigenvalue weighted by atomic mass is 9.72. The van der Waals surface area contributed by atoms with E-state index in [0.717, 1.165) is 38.4 Å². The quantitative estimate of drug-likeness (QED) is 0.00403. The van der Waals surface area contributed by atoms with E-state index in [1.54, 1.807) is 71.3 Å². The number of carboxylic acid groups (broad SMARTS) is 2. The fraction of sp³-hybridized carbons (Fsp3) is 0.380. The Kier molecular flexibility index (Phi) is 28.9. The molecular formula is C71H81BrN5O25S7-3. The summed E-state index contributed by atoms with van der Waals surface area (Å²) < 4.78 is 218. The van der Waals surface area contributed by atoms with E-state index in [0.29, 0.717) is 108 Å². The molecule has 4 unspecified atom stereocenters. The van der Waals surface area contributed by atoms with Crippen molar-refractivity contribution in [1.29, 1.82) is 0 Å². The molecule has 0 fully saturated rings. The topological polar surface area (TPSA) is 490 Å². The van der Waals surface area contributed by atoms with E-state index in [9.17, 15) is 97.8 Å². The molecule has 4 heterocycles. The molecule has 0 saturated heterocycles. The van der Waals surface area contributed by atoms with Crippen LogP contribution >= 0.6 is 28.0 Å². The van der Waals surface area contributed by atoms with Gasteiger partial charge in [0.15, 0.2) is 5.71 Å². The molecule has 0 spiro atoms. The largest absolute Gasteiger partial charge is 0.748 e. The van der Waals surface area contributed by atoms with Gasteiger partial charge in [-0.25, -0.2) is 38.2 Å². The van der Waals surface area contributed by atoms with Crippen LogP contribution in [0.2, 0.25) is 0 Å². The molecule has 9 rings (SSSR count). The summed E-state index contributed by atoms with van der Waals surface area (Å²) in [5.74, 6) is -2.98. The molecule has 30 nitrogen and oxygen atoms in total. The van der Waals surface area contributed by atoms with Crippen molar-refractivity contribution >= 4 is 151 Å². The number of nitrogens with one attached hydrogen (secondary N) is 2. The third-order valence-electron chi connectivity index (χ3n) is 19.3. The number of halogens is 1. The Labute approximate surface area is 645 Å². The number of rotatable bonds is 37. The molecule has 109 heavy (non-hydrogen) atoms. The molecule has 6 N–H and O–H groups in total. The highest BCUT2D eigenvalue weighted by Crippen LogP contribution is 2.55. The fourth-order valence-corrected chi connectivity index (χ4v) is 18.8. The number of aliphatic imine (C=N–C) groups is 1. The number of anilines is 2. The minimum atomic E-state index is -5.30. The number of benzene rings is 5. The molecule has 0 amide bonds. The number of para-hydroxylation sites is 1. The van der Waals surface area contributed by atoms with Gasteiger partial charge in [-0.2, -0.15) is 21.2 Å². The van der Waals surface area contributed by atoms with E-state index in [-0.39, 0.29) is 79.9 Å². The monoisotopic (exact) mass is 1710 g/mol. The van der Waals surface area contributed by atoms with Gasteiger partial charge in [0.2, 0.25) is 0 Å². The number of aryl methyl sites for hydroxylation is 1. The molecule has 0 radical (unpaired) electrons. The Hall–Kier alpha value is -7.19. The Balaban J connectivity index is 0.000000282. The SMILES string of the molecule is CC1(C)C(/C=C/C=C/C=C2\N(CCCS(=O)(=O)[O-])c3ccc4c(S(=O)(=O)[O-])cc(S(=O)(=O)O)cc4c3C2(C)CCCCCC(=O)O)=Nc2c1cc(Br)c[n+]2CCCS(=O)(=O)O.CC1(CCCCCC(=O)O)c2c(ccc3c(SOO[O-])cc(S(=O)(=O)[O-])cc23)[NH+](CCCS(=O)(=O)[O-])C1/C=C/C=C/Nc1ccccc1. The minimum absolute atomic E-state index is 0.00685. The maximum Gasteiger partial charge on any atom is 0.327 e. The van der Waals surface area contributed by atoms with Crippen molar-refractivity contribution in [2.45, 2.75) is 160 Å². The van der Waals surface area contributed by atoms with Crippen LogP contribution in [0.4, 0.5) is 22.9 Å². The summed E-state index contributed by atoms with van der Waals surface area (Å²) in [5, 5.41) is 36.5. The summed E-state index contributed by atoms with van der Waals surface area (Å²) in [5.41, 5.74) is 2.68. The van der Waals surface area contributed by atoms with Gasteiger partial charge in [0.25, 0.3) is 20.2 Å². The molecule has 5 aromatic carbocycles. The predicted octanol–water partition coefficient (Wildman–Crippen LogP) is 8.71. The zero-order valence-electron chi connectivity index (χ0n) is 59.3. The zero-order chi connectivity index (χ0) is 80.3. The van der Waals surface area contributed by atoms with Crippen molar-refractivity contribution in [2.24, 2.45) is 4.99 Å². The van der Waals surface area contributed by atoms with Crippen LogP contribution in [0.1, 0.15) is 128 Å². The molecule has 3 aliphatic rings. The Morgan fingerprint density at radius 2 is 1.31 bits per heavy atom. The number of nitrogens with zero attached hydrogens (tertiary/aromatic N) is 3. The number of quaternary nitrogens is 1. The van der Waals surface area contributed by atoms with Crippen LogP contribution in [-0.2, 0) is 102 Å². The highest BCUT2D eigenvalue weighted by Gasteiger charge is 2.52. The molecule has 4 atom stereocenters. The number of unbranched alkanes of at least 4 members (excludes halogenated alkanes) is 4.